The van der Waals surface area contributed by atoms with Crippen LogP contribution in [0.2, 0.25) is 0 Å². The lowest BCUT2D eigenvalue weighted by Gasteiger charge is -2.29. The molecule has 0 aromatic heterocycles. The molecule has 6 nitrogen and oxygen atoms in total. The number of rotatable bonds is 6. The van der Waals surface area contributed by atoms with E-state index >= 15 is 0 Å². The lowest BCUT2D eigenvalue weighted by atomic mass is 9.98. The SMILES string of the molecule is COCC1CCC(CO)N1CCc1ccc2c(c1)COC2=C1C(=O)Nc2ccccc21. The number of carbonyl (C=O) groups is 1. The Balaban J connectivity index is 1.36. The largest absolute Gasteiger partial charge is 0.487 e. The van der Waals surface area contributed by atoms with Crippen LogP contribution in [0, 0.1) is 0 Å². The molecule has 0 aliphatic carbocycles. The van der Waals surface area contributed by atoms with E-state index in [0.29, 0.717) is 30.6 Å². The van der Waals surface area contributed by atoms with Gasteiger partial charge < -0.3 is 19.9 Å². The summed E-state index contributed by atoms with van der Waals surface area (Å²) in [7, 11) is 1.74. The van der Waals surface area contributed by atoms with E-state index in [2.05, 4.69) is 28.4 Å². The van der Waals surface area contributed by atoms with Gasteiger partial charge in [0.2, 0.25) is 0 Å². The van der Waals surface area contributed by atoms with E-state index in [1.54, 1.807) is 7.11 Å². The Morgan fingerprint density at radius 1 is 1.16 bits per heavy atom. The topological polar surface area (TPSA) is 71.0 Å². The summed E-state index contributed by atoms with van der Waals surface area (Å²) in [6.07, 6.45) is 2.99. The molecule has 31 heavy (non-hydrogen) atoms. The van der Waals surface area contributed by atoms with Gasteiger partial charge in [0, 0.05) is 48.1 Å². The summed E-state index contributed by atoms with van der Waals surface area (Å²) < 4.78 is 11.4. The normalized spacial score (nSPS) is 24.8. The quantitative estimate of drug-likeness (QED) is 0.703. The maximum atomic E-state index is 12.6. The minimum Gasteiger partial charge on any atom is -0.487 e. The number of nitrogens with one attached hydrogen (secondary N) is 1. The number of amides is 1. The molecular formula is C25H28N2O4. The minimum absolute atomic E-state index is 0.110. The highest BCUT2D eigenvalue weighted by Gasteiger charge is 2.34. The van der Waals surface area contributed by atoms with Gasteiger partial charge >= 0.3 is 0 Å². The second-order valence-electron chi connectivity index (χ2n) is 8.49. The number of hydrogen-bond donors (Lipinski definition) is 2. The Labute approximate surface area is 182 Å². The van der Waals surface area contributed by atoms with E-state index in [1.165, 1.54) is 5.56 Å². The Morgan fingerprint density at radius 3 is 2.84 bits per heavy atom. The minimum atomic E-state index is -0.110. The predicted molar refractivity (Wildman–Crippen MR) is 119 cm³/mol. The molecule has 2 unspecified atom stereocenters. The summed E-state index contributed by atoms with van der Waals surface area (Å²) in [5, 5.41) is 12.7. The molecular weight excluding hydrogens is 392 g/mol. The van der Waals surface area contributed by atoms with E-state index in [9.17, 15) is 9.90 Å². The van der Waals surface area contributed by atoms with Crippen molar-refractivity contribution < 1.29 is 19.4 Å². The van der Waals surface area contributed by atoms with Gasteiger partial charge in [-0.1, -0.05) is 36.4 Å². The summed E-state index contributed by atoms with van der Waals surface area (Å²) in [6, 6.07) is 14.7. The lowest BCUT2D eigenvalue weighted by Crippen LogP contribution is -2.41. The number of anilines is 1. The summed E-state index contributed by atoms with van der Waals surface area (Å²) >= 11 is 0. The smallest absolute Gasteiger partial charge is 0.260 e. The number of carbonyl (C=O) groups excluding carboxylic acids is 1. The fourth-order valence-corrected chi connectivity index (χ4v) is 5.13. The fourth-order valence-electron chi connectivity index (χ4n) is 5.13. The van der Waals surface area contributed by atoms with Gasteiger partial charge in [-0.15, -0.1) is 0 Å². The van der Waals surface area contributed by atoms with Gasteiger partial charge in [0.1, 0.15) is 12.4 Å². The van der Waals surface area contributed by atoms with Gasteiger partial charge in [-0.3, -0.25) is 9.69 Å². The number of ether oxygens (including phenoxy) is 2. The first kappa shape index (κ1) is 20.2. The van der Waals surface area contributed by atoms with E-state index in [0.717, 1.165) is 48.2 Å². The van der Waals surface area contributed by atoms with Crippen molar-refractivity contribution in [2.75, 3.05) is 32.2 Å². The third-order valence-electron chi connectivity index (χ3n) is 6.68. The molecule has 6 heteroatoms. The molecule has 1 fully saturated rings. The molecule has 0 saturated carbocycles. The highest BCUT2D eigenvalue weighted by molar-refractivity contribution is 6.36. The van der Waals surface area contributed by atoms with Gasteiger partial charge in [-0.05, 0) is 30.9 Å². The van der Waals surface area contributed by atoms with Crippen LogP contribution >= 0.6 is 0 Å². The van der Waals surface area contributed by atoms with Crippen molar-refractivity contribution in [1.29, 1.82) is 0 Å². The Morgan fingerprint density at radius 2 is 2.00 bits per heavy atom. The molecule has 0 spiro atoms. The van der Waals surface area contributed by atoms with E-state index < -0.39 is 0 Å². The number of aliphatic hydroxyl groups is 1. The highest BCUT2D eigenvalue weighted by atomic mass is 16.5. The number of para-hydroxylation sites is 1. The van der Waals surface area contributed by atoms with Crippen LogP contribution in [-0.4, -0.2) is 54.9 Å². The van der Waals surface area contributed by atoms with Crippen molar-refractivity contribution in [2.45, 2.75) is 38.0 Å². The number of likely N-dealkylation sites (tertiary alicyclic amines) is 1. The van der Waals surface area contributed by atoms with Gasteiger partial charge in [-0.25, -0.2) is 0 Å². The van der Waals surface area contributed by atoms with Crippen molar-refractivity contribution >= 4 is 22.9 Å². The standard InChI is InChI=1S/C25H28N2O4/c1-30-15-19-8-7-18(13-28)27(19)11-10-16-6-9-20-17(12-16)14-31-24(20)23-21-4-2-3-5-22(21)26-25(23)29/h2-6,9,12,18-19,28H,7-8,10-11,13-15H2,1H3,(H,26,29). The van der Waals surface area contributed by atoms with Gasteiger partial charge in [0.15, 0.2) is 0 Å². The van der Waals surface area contributed by atoms with Crippen LogP contribution in [0.1, 0.15) is 35.1 Å². The van der Waals surface area contributed by atoms with Crippen LogP contribution in [0.4, 0.5) is 5.69 Å². The Hall–Kier alpha value is -2.67. The van der Waals surface area contributed by atoms with Crippen molar-refractivity contribution in [3.8, 4) is 0 Å². The van der Waals surface area contributed by atoms with Crippen LogP contribution < -0.4 is 5.32 Å². The Bertz CT molecular complexity index is 1030. The van der Waals surface area contributed by atoms with Crippen molar-refractivity contribution in [3.05, 3.63) is 64.7 Å². The van der Waals surface area contributed by atoms with Crippen LogP contribution in [0.5, 0.6) is 0 Å². The third kappa shape index (κ3) is 3.65. The second-order valence-corrected chi connectivity index (χ2v) is 8.49. The first-order valence-electron chi connectivity index (χ1n) is 10.9. The number of nitrogens with zero attached hydrogens (tertiary/aromatic N) is 1. The molecule has 162 valence electrons. The summed E-state index contributed by atoms with van der Waals surface area (Å²) in [5.41, 5.74) is 5.70. The lowest BCUT2D eigenvalue weighted by molar-refractivity contribution is -0.110. The van der Waals surface area contributed by atoms with Crippen LogP contribution in [0.3, 0.4) is 0 Å². The van der Waals surface area contributed by atoms with Crippen LogP contribution in [0.15, 0.2) is 42.5 Å². The average Bonchev–Trinajstić information content (AvgIpc) is 3.46. The first-order valence-corrected chi connectivity index (χ1v) is 10.9. The monoisotopic (exact) mass is 420 g/mol. The van der Waals surface area contributed by atoms with Crippen LogP contribution in [-0.2, 0) is 27.3 Å². The average molecular weight is 421 g/mol. The summed E-state index contributed by atoms with van der Waals surface area (Å²) in [6.45, 7) is 2.27. The molecule has 2 N–H and O–H groups in total. The van der Waals surface area contributed by atoms with Gasteiger partial charge in [0.05, 0.1) is 18.8 Å². The molecule has 3 aliphatic rings. The molecule has 0 radical (unpaired) electrons. The predicted octanol–water partition coefficient (Wildman–Crippen LogP) is 3.05. The molecule has 3 aliphatic heterocycles. The zero-order chi connectivity index (χ0) is 21.4. The van der Waals surface area contributed by atoms with E-state index in [-0.39, 0.29) is 18.6 Å². The summed E-state index contributed by atoms with van der Waals surface area (Å²) in [5.74, 6) is 0.561. The van der Waals surface area contributed by atoms with Gasteiger partial charge in [0.25, 0.3) is 5.91 Å². The second kappa shape index (κ2) is 8.46. The van der Waals surface area contributed by atoms with E-state index in [1.807, 2.05) is 24.3 Å². The highest BCUT2D eigenvalue weighted by Crippen LogP contribution is 2.41. The number of fused-ring (bicyclic) bond motifs is 2. The molecule has 2 aromatic carbocycles. The van der Waals surface area contributed by atoms with Crippen molar-refractivity contribution in [3.63, 3.8) is 0 Å². The number of methoxy groups -OCH3 is 1. The maximum absolute atomic E-state index is 12.6. The zero-order valence-electron chi connectivity index (χ0n) is 17.8. The molecule has 2 aromatic rings. The summed E-state index contributed by atoms with van der Waals surface area (Å²) in [4.78, 5) is 15.0. The van der Waals surface area contributed by atoms with Crippen molar-refractivity contribution in [1.82, 2.24) is 4.90 Å². The van der Waals surface area contributed by atoms with Crippen LogP contribution in [0.25, 0.3) is 11.3 Å². The van der Waals surface area contributed by atoms with E-state index in [4.69, 9.17) is 9.47 Å². The Kier molecular flexibility index (Phi) is 5.52. The molecule has 1 saturated heterocycles. The zero-order valence-corrected chi connectivity index (χ0v) is 17.8. The molecule has 5 rings (SSSR count). The molecule has 1 amide bonds. The molecule has 3 heterocycles. The first-order chi connectivity index (χ1) is 15.2. The fraction of sp³-hybridized carbons (Fsp3) is 0.400. The van der Waals surface area contributed by atoms with Gasteiger partial charge in [-0.2, -0.15) is 0 Å². The maximum Gasteiger partial charge on any atom is 0.260 e. The number of hydrogen-bond acceptors (Lipinski definition) is 5. The number of benzene rings is 2. The van der Waals surface area contributed by atoms with Crippen molar-refractivity contribution in [2.24, 2.45) is 0 Å². The molecule has 0 bridgehead atoms. The number of aliphatic hydroxyl groups excluding tert-OH is 1. The molecule has 2 atom stereocenters. The third-order valence-corrected chi connectivity index (χ3v) is 6.68.